The molecule has 5 atom stereocenters. The van der Waals surface area contributed by atoms with Crippen LogP contribution in [-0.2, 0) is 9.53 Å². The van der Waals surface area contributed by atoms with Gasteiger partial charge in [-0.1, -0.05) is 19.6 Å². The van der Waals surface area contributed by atoms with E-state index >= 15 is 0 Å². The summed E-state index contributed by atoms with van der Waals surface area (Å²) in [5.74, 6) is 4.19. The lowest BCUT2D eigenvalue weighted by atomic mass is 9.52. The van der Waals surface area contributed by atoms with Crippen molar-refractivity contribution >= 4 is 5.78 Å². The van der Waals surface area contributed by atoms with Gasteiger partial charge in [0.1, 0.15) is 0 Å². The predicted molar refractivity (Wildman–Crippen MR) is 91.7 cm³/mol. The van der Waals surface area contributed by atoms with E-state index in [1.807, 2.05) is 0 Å². The number of carbonyl (C=O) groups excluding carboxylic acids is 1. The fraction of sp³-hybridized carbons (Fsp3) is 0.667. The molecule has 124 valence electrons. The van der Waals surface area contributed by atoms with Crippen molar-refractivity contribution in [2.45, 2.75) is 51.9 Å². The van der Waals surface area contributed by atoms with E-state index in [2.05, 4.69) is 25.7 Å². The Hall–Kier alpha value is -1.31. The van der Waals surface area contributed by atoms with Crippen molar-refractivity contribution in [3.63, 3.8) is 0 Å². The number of ether oxygens (including phenoxy) is 1. The van der Waals surface area contributed by atoms with Gasteiger partial charge in [-0.15, -0.1) is 0 Å². The van der Waals surface area contributed by atoms with Crippen LogP contribution >= 0.6 is 0 Å². The maximum absolute atomic E-state index is 12.8. The highest BCUT2D eigenvalue weighted by Crippen LogP contribution is 2.62. The van der Waals surface area contributed by atoms with E-state index in [4.69, 9.17) is 4.74 Å². The van der Waals surface area contributed by atoms with Gasteiger partial charge in [0.25, 0.3) is 0 Å². The third-order valence-corrected chi connectivity index (χ3v) is 7.43. The molecule has 1 unspecified atom stereocenters. The van der Waals surface area contributed by atoms with E-state index in [-0.39, 0.29) is 5.41 Å². The normalized spacial score (nSPS) is 42.3. The van der Waals surface area contributed by atoms with Crippen molar-refractivity contribution < 1.29 is 9.53 Å². The molecule has 0 aliphatic heterocycles. The molecule has 2 saturated carbocycles. The largest absolute Gasteiger partial charge is 0.501 e. The molecule has 0 aromatic carbocycles. The van der Waals surface area contributed by atoms with Gasteiger partial charge in [0.15, 0.2) is 5.78 Å². The van der Waals surface area contributed by atoms with E-state index < -0.39 is 0 Å². The first kappa shape index (κ1) is 15.2. The Balaban J connectivity index is 1.68. The Kier molecular flexibility index (Phi) is 3.55. The Morgan fingerprint density at radius 1 is 1.35 bits per heavy atom. The maximum Gasteiger partial charge on any atom is 0.164 e. The van der Waals surface area contributed by atoms with Crippen LogP contribution in [0.2, 0.25) is 0 Å². The van der Waals surface area contributed by atoms with Crippen LogP contribution in [0.5, 0.6) is 0 Å². The van der Waals surface area contributed by atoms with Crippen LogP contribution in [0.15, 0.2) is 35.6 Å². The van der Waals surface area contributed by atoms with Gasteiger partial charge in [0.2, 0.25) is 0 Å². The van der Waals surface area contributed by atoms with Crippen LogP contribution in [-0.4, -0.2) is 12.9 Å². The zero-order chi connectivity index (χ0) is 16.2. The number of carbonyl (C=O) groups is 1. The Labute approximate surface area is 139 Å². The number of methoxy groups -OCH3 is 1. The molecule has 0 saturated heterocycles. The van der Waals surface area contributed by atoms with Crippen molar-refractivity contribution in [3.05, 3.63) is 35.6 Å². The first-order chi connectivity index (χ1) is 11.1. The van der Waals surface area contributed by atoms with E-state index in [0.717, 1.165) is 49.4 Å². The molecule has 4 aliphatic rings. The van der Waals surface area contributed by atoms with Crippen molar-refractivity contribution in [2.24, 2.45) is 29.1 Å². The van der Waals surface area contributed by atoms with Crippen LogP contribution < -0.4 is 0 Å². The number of Topliss-reactive ketones (excluding diaryl/α,β-unsaturated/α-hetero) is 1. The van der Waals surface area contributed by atoms with Gasteiger partial charge in [-0.05, 0) is 79.4 Å². The molecule has 0 N–H and O–H groups in total. The smallest absolute Gasteiger partial charge is 0.164 e. The lowest BCUT2D eigenvalue weighted by Gasteiger charge is -2.51. The minimum Gasteiger partial charge on any atom is -0.501 e. The van der Waals surface area contributed by atoms with E-state index in [1.54, 1.807) is 7.11 Å². The number of fused-ring (bicyclic) bond motifs is 5. The zero-order valence-corrected chi connectivity index (χ0v) is 14.4. The van der Waals surface area contributed by atoms with E-state index in [9.17, 15) is 4.79 Å². The number of rotatable bonds is 2. The van der Waals surface area contributed by atoms with E-state index in [1.165, 1.54) is 18.4 Å². The SMILES string of the molecule is C=C1C[C@H]2[C@@H]3CC=C4C=C(OC)CCC4[C@H]3CC[C@]2(CC)C1=O. The van der Waals surface area contributed by atoms with Crippen LogP contribution in [0.1, 0.15) is 51.9 Å². The highest BCUT2D eigenvalue weighted by Gasteiger charge is 2.58. The lowest BCUT2D eigenvalue weighted by Crippen LogP contribution is -2.46. The highest BCUT2D eigenvalue weighted by atomic mass is 16.5. The third-order valence-electron chi connectivity index (χ3n) is 7.43. The number of hydrogen-bond donors (Lipinski definition) is 0. The van der Waals surface area contributed by atoms with Gasteiger partial charge in [-0.25, -0.2) is 0 Å². The standard InChI is InChI=1S/C21H28O2/c1-4-21-10-9-17-16-8-6-15(23-3)12-14(16)5-7-18(17)19(21)11-13(2)20(21)22/h5,12,16-19H,2,4,6-11H2,1,3H3/t16?,17-,18-,19+,21+/m1/s1. The summed E-state index contributed by atoms with van der Waals surface area (Å²) in [4.78, 5) is 12.8. The number of ketones is 1. The summed E-state index contributed by atoms with van der Waals surface area (Å²) in [7, 11) is 1.78. The minimum absolute atomic E-state index is 0.0776. The molecule has 0 spiro atoms. The molecule has 2 fully saturated rings. The quantitative estimate of drug-likeness (QED) is 0.683. The van der Waals surface area contributed by atoms with Crippen molar-refractivity contribution in [1.29, 1.82) is 0 Å². The second-order valence-corrected chi connectivity index (χ2v) is 8.02. The van der Waals surface area contributed by atoms with Gasteiger partial charge in [-0.2, -0.15) is 0 Å². The van der Waals surface area contributed by atoms with Crippen LogP contribution in [0.4, 0.5) is 0 Å². The molecule has 0 aromatic heterocycles. The molecule has 0 heterocycles. The minimum atomic E-state index is -0.0776. The van der Waals surface area contributed by atoms with Gasteiger partial charge in [0, 0.05) is 11.8 Å². The molecule has 4 rings (SSSR count). The first-order valence-corrected chi connectivity index (χ1v) is 9.28. The fourth-order valence-corrected chi connectivity index (χ4v) is 6.24. The second-order valence-electron chi connectivity index (χ2n) is 8.02. The van der Waals surface area contributed by atoms with Crippen molar-refractivity contribution in [1.82, 2.24) is 0 Å². The fourth-order valence-electron chi connectivity index (χ4n) is 6.24. The summed E-state index contributed by atoms with van der Waals surface area (Å²) in [6.07, 6.45) is 12.4. The molecule has 0 radical (unpaired) electrons. The lowest BCUT2D eigenvalue weighted by molar-refractivity contribution is -0.130. The number of hydrogen-bond acceptors (Lipinski definition) is 2. The van der Waals surface area contributed by atoms with Crippen molar-refractivity contribution in [2.75, 3.05) is 7.11 Å². The predicted octanol–water partition coefficient (Wildman–Crippen LogP) is 4.82. The molecule has 2 heteroatoms. The first-order valence-electron chi connectivity index (χ1n) is 9.28. The average molecular weight is 312 g/mol. The molecular weight excluding hydrogens is 284 g/mol. The summed E-state index contributed by atoms with van der Waals surface area (Å²) >= 11 is 0. The second kappa shape index (κ2) is 5.36. The summed E-state index contributed by atoms with van der Waals surface area (Å²) in [5, 5.41) is 0. The average Bonchev–Trinajstić information content (AvgIpc) is 2.85. The summed E-state index contributed by atoms with van der Waals surface area (Å²) in [6, 6.07) is 0. The summed E-state index contributed by atoms with van der Waals surface area (Å²) in [5.41, 5.74) is 2.32. The monoisotopic (exact) mass is 312 g/mol. The van der Waals surface area contributed by atoms with Crippen LogP contribution in [0.3, 0.4) is 0 Å². The molecule has 0 bridgehead atoms. The molecule has 0 amide bonds. The van der Waals surface area contributed by atoms with Crippen LogP contribution in [0, 0.1) is 29.1 Å². The molecule has 23 heavy (non-hydrogen) atoms. The molecule has 0 aromatic rings. The van der Waals surface area contributed by atoms with Gasteiger partial charge >= 0.3 is 0 Å². The molecular formula is C21H28O2. The van der Waals surface area contributed by atoms with Gasteiger partial charge in [0.05, 0.1) is 12.9 Å². The zero-order valence-electron chi connectivity index (χ0n) is 14.4. The third kappa shape index (κ3) is 2.03. The van der Waals surface area contributed by atoms with Gasteiger partial charge < -0.3 is 4.74 Å². The molecule has 4 aliphatic carbocycles. The highest BCUT2D eigenvalue weighted by molar-refractivity contribution is 6.02. The summed E-state index contributed by atoms with van der Waals surface area (Å²) in [6.45, 7) is 6.31. The molecule has 2 nitrogen and oxygen atoms in total. The summed E-state index contributed by atoms with van der Waals surface area (Å²) < 4.78 is 5.47. The Morgan fingerprint density at radius 3 is 2.91 bits per heavy atom. The van der Waals surface area contributed by atoms with E-state index in [0.29, 0.717) is 23.5 Å². The Morgan fingerprint density at radius 2 is 2.17 bits per heavy atom. The Bertz CT molecular complexity index is 611. The van der Waals surface area contributed by atoms with Gasteiger partial charge in [-0.3, -0.25) is 4.79 Å². The maximum atomic E-state index is 12.8. The van der Waals surface area contributed by atoms with Crippen molar-refractivity contribution in [3.8, 4) is 0 Å². The topological polar surface area (TPSA) is 26.3 Å². The number of allylic oxidation sites excluding steroid dienone is 5. The van der Waals surface area contributed by atoms with Crippen LogP contribution in [0.25, 0.3) is 0 Å².